The lowest BCUT2D eigenvalue weighted by Gasteiger charge is -2.13. The van der Waals surface area contributed by atoms with Crippen molar-refractivity contribution >= 4 is 0 Å². The molecule has 3 nitrogen and oxygen atoms in total. The number of nitrogens with zero attached hydrogens (tertiary/aromatic N) is 1. The van der Waals surface area contributed by atoms with E-state index in [-0.39, 0.29) is 0 Å². The molecule has 2 rings (SSSR count). The Kier molecular flexibility index (Phi) is 6.22. The molecule has 0 saturated heterocycles. The summed E-state index contributed by atoms with van der Waals surface area (Å²) in [6.07, 6.45) is 5.79. The van der Waals surface area contributed by atoms with Gasteiger partial charge in [0.15, 0.2) is 0 Å². The van der Waals surface area contributed by atoms with Crippen LogP contribution in [0.15, 0.2) is 48.8 Å². The predicted octanol–water partition coefficient (Wildman–Crippen LogP) is 3.59. The minimum atomic E-state index is 0.508. The Hall–Kier alpha value is -1.87. The van der Waals surface area contributed by atoms with Crippen LogP contribution >= 0.6 is 0 Å². The zero-order chi connectivity index (χ0) is 14.9. The first-order chi connectivity index (χ1) is 10.3. The molecule has 0 radical (unpaired) electrons. The topological polar surface area (TPSA) is 34.1 Å². The van der Waals surface area contributed by atoms with Gasteiger partial charge in [-0.15, -0.1) is 0 Å². The van der Waals surface area contributed by atoms with E-state index in [1.165, 1.54) is 12.0 Å². The number of nitrogens with one attached hydrogen (secondary N) is 1. The van der Waals surface area contributed by atoms with Crippen molar-refractivity contribution in [3.63, 3.8) is 0 Å². The quantitative estimate of drug-likeness (QED) is 0.804. The van der Waals surface area contributed by atoms with Crippen LogP contribution < -0.4 is 10.1 Å². The van der Waals surface area contributed by atoms with Crippen molar-refractivity contribution in [2.75, 3.05) is 6.54 Å². The summed E-state index contributed by atoms with van der Waals surface area (Å²) in [5.74, 6) is 0.907. The first-order valence-corrected chi connectivity index (χ1v) is 7.62. The summed E-state index contributed by atoms with van der Waals surface area (Å²) in [6, 6.07) is 12.8. The van der Waals surface area contributed by atoms with Gasteiger partial charge in [0.05, 0.1) is 0 Å². The maximum Gasteiger partial charge on any atom is 0.119 e. The fraction of sp³-hybridized carbons (Fsp3) is 0.389. The Morgan fingerprint density at radius 3 is 2.43 bits per heavy atom. The summed E-state index contributed by atoms with van der Waals surface area (Å²) >= 11 is 0. The molecule has 112 valence electrons. The normalized spacial score (nSPS) is 12.1. The van der Waals surface area contributed by atoms with E-state index in [2.05, 4.69) is 36.3 Å². The molecule has 2 aromatic rings. The molecule has 0 aliphatic heterocycles. The molecule has 1 unspecified atom stereocenters. The lowest BCUT2D eigenvalue weighted by atomic mass is 10.1. The predicted molar refractivity (Wildman–Crippen MR) is 86.5 cm³/mol. The van der Waals surface area contributed by atoms with Crippen LogP contribution in [0.1, 0.15) is 31.4 Å². The van der Waals surface area contributed by atoms with E-state index in [9.17, 15) is 0 Å². The van der Waals surface area contributed by atoms with E-state index in [0.717, 1.165) is 24.3 Å². The van der Waals surface area contributed by atoms with Gasteiger partial charge in [0, 0.05) is 18.4 Å². The van der Waals surface area contributed by atoms with Crippen LogP contribution in [-0.2, 0) is 13.0 Å². The summed E-state index contributed by atoms with van der Waals surface area (Å²) in [5.41, 5.74) is 2.47. The molecule has 0 aliphatic rings. The number of rotatable bonds is 8. The van der Waals surface area contributed by atoms with Crippen LogP contribution in [0.25, 0.3) is 0 Å². The first kappa shape index (κ1) is 15.5. The Balaban J connectivity index is 1.81. The molecular weight excluding hydrogens is 260 g/mol. The van der Waals surface area contributed by atoms with E-state index in [0.29, 0.717) is 12.6 Å². The number of hydrogen-bond donors (Lipinski definition) is 1. The van der Waals surface area contributed by atoms with Gasteiger partial charge < -0.3 is 10.1 Å². The van der Waals surface area contributed by atoms with Crippen molar-refractivity contribution in [3.05, 3.63) is 59.9 Å². The van der Waals surface area contributed by atoms with E-state index >= 15 is 0 Å². The Morgan fingerprint density at radius 1 is 1.05 bits per heavy atom. The molecular formula is C18H24N2O. The van der Waals surface area contributed by atoms with Crippen LogP contribution in [0.2, 0.25) is 0 Å². The molecule has 0 amide bonds. The zero-order valence-electron chi connectivity index (χ0n) is 12.9. The van der Waals surface area contributed by atoms with Crippen molar-refractivity contribution in [2.45, 2.75) is 39.3 Å². The maximum absolute atomic E-state index is 5.77. The highest BCUT2D eigenvalue weighted by Crippen LogP contribution is 2.15. The van der Waals surface area contributed by atoms with Gasteiger partial charge >= 0.3 is 0 Å². The first-order valence-electron chi connectivity index (χ1n) is 7.62. The van der Waals surface area contributed by atoms with Gasteiger partial charge in [-0.1, -0.05) is 19.1 Å². The summed E-state index contributed by atoms with van der Waals surface area (Å²) in [4.78, 5) is 4.00. The minimum absolute atomic E-state index is 0.508. The molecule has 21 heavy (non-hydrogen) atoms. The highest BCUT2D eigenvalue weighted by Gasteiger charge is 2.03. The fourth-order valence-electron chi connectivity index (χ4n) is 2.18. The average molecular weight is 284 g/mol. The lowest BCUT2D eigenvalue weighted by molar-refractivity contribution is 0.306. The number of pyridine rings is 1. The molecule has 1 aromatic carbocycles. The van der Waals surface area contributed by atoms with E-state index < -0.39 is 0 Å². The monoisotopic (exact) mass is 284 g/mol. The molecule has 0 saturated carbocycles. The third-order valence-electron chi connectivity index (χ3n) is 3.36. The van der Waals surface area contributed by atoms with Crippen LogP contribution in [0.4, 0.5) is 0 Å². The molecule has 0 fully saturated rings. The molecule has 1 N–H and O–H groups in total. The van der Waals surface area contributed by atoms with Crippen LogP contribution in [0, 0.1) is 0 Å². The number of ether oxygens (including phenoxy) is 1. The largest absolute Gasteiger partial charge is 0.489 e. The summed E-state index contributed by atoms with van der Waals surface area (Å²) < 4.78 is 5.77. The van der Waals surface area contributed by atoms with Crippen molar-refractivity contribution < 1.29 is 4.74 Å². The van der Waals surface area contributed by atoms with Gasteiger partial charge in [-0.2, -0.15) is 0 Å². The molecule has 1 aromatic heterocycles. The van der Waals surface area contributed by atoms with Crippen molar-refractivity contribution in [3.8, 4) is 5.75 Å². The molecule has 3 heteroatoms. The second-order valence-corrected chi connectivity index (χ2v) is 5.35. The Labute approximate surface area is 127 Å². The summed E-state index contributed by atoms with van der Waals surface area (Å²) in [5, 5.41) is 3.50. The van der Waals surface area contributed by atoms with Crippen molar-refractivity contribution in [1.29, 1.82) is 0 Å². The average Bonchev–Trinajstić information content (AvgIpc) is 2.53. The van der Waals surface area contributed by atoms with Crippen molar-refractivity contribution in [1.82, 2.24) is 10.3 Å². The standard InChI is InChI=1S/C18H24N2O/c1-3-10-20-15(2)13-16-4-6-18(7-5-16)21-14-17-8-11-19-12-9-17/h4-9,11-12,15,20H,3,10,13-14H2,1-2H3. The smallest absolute Gasteiger partial charge is 0.119 e. The molecule has 1 heterocycles. The minimum Gasteiger partial charge on any atom is -0.489 e. The Bertz CT molecular complexity index is 511. The highest BCUT2D eigenvalue weighted by atomic mass is 16.5. The number of hydrogen-bond acceptors (Lipinski definition) is 3. The second kappa shape index (κ2) is 8.42. The van der Waals surface area contributed by atoms with E-state index in [1.54, 1.807) is 12.4 Å². The zero-order valence-corrected chi connectivity index (χ0v) is 12.9. The lowest BCUT2D eigenvalue weighted by Crippen LogP contribution is -2.28. The third kappa shape index (κ3) is 5.56. The van der Waals surface area contributed by atoms with Crippen LogP contribution in [-0.4, -0.2) is 17.6 Å². The van der Waals surface area contributed by atoms with Crippen LogP contribution in [0.5, 0.6) is 5.75 Å². The maximum atomic E-state index is 5.77. The molecule has 0 aliphatic carbocycles. The summed E-state index contributed by atoms with van der Waals surface area (Å²) in [6.45, 7) is 6.07. The van der Waals surface area contributed by atoms with Gasteiger partial charge in [0.25, 0.3) is 0 Å². The third-order valence-corrected chi connectivity index (χ3v) is 3.36. The van der Waals surface area contributed by atoms with Gasteiger partial charge in [-0.25, -0.2) is 0 Å². The van der Waals surface area contributed by atoms with Gasteiger partial charge in [-0.3, -0.25) is 4.98 Å². The van der Waals surface area contributed by atoms with Gasteiger partial charge in [0.2, 0.25) is 0 Å². The van der Waals surface area contributed by atoms with E-state index in [1.807, 2.05) is 24.3 Å². The van der Waals surface area contributed by atoms with E-state index in [4.69, 9.17) is 4.74 Å². The summed E-state index contributed by atoms with van der Waals surface area (Å²) in [7, 11) is 0. The molecule has 1 atom stereocenters. The van der Waals surface area contributed by atoms with Gasteiger partial charge in [0.1, 0.15) is 12.4 Å². The molecule has 0 spiro atoms. The Morgan fingerprint density at radius 2 is 1.76 bits per heavy atom. The SMILES string of the molecule is CCCNC(C)Cc1ccc(OCc2ccncc2)cc1. The second-order valence-electron chi connectivity index (χ2n) is 5.35. The van der Waals surface area contributed by atoms with Gasteiger partial charge in [-0.05, 0) is 61.7 Å². The fourth-order valence-corrected chi connectivity index (χ4v) is 2.18. The molecule has 0 bridgehead atoms. The number of benzene rings is 1. The number of aromatic nitrogens is 1. The highest BCUT2D eigenvalue weighted by molar-refractivity contribution is 5.28. The van der Waals surface area contributed by atoms with Crippen molar-refractivity contribution in [2.24, 2.45) is 0 Å². The van der Waals surface area contributed by atoms with Crippen LogP contribution in [0.3, 0.4) is 0 Å².